The van der Waals surface area contributed by atoms with Crippen LogP contribution in [0.15, 0.2) is 79.6 Å². The van der Waals surface area contributed by atoms with Crippen molar-refractivity contribution < 1.29 is 4.79 Å². The maximum Gasteiger partial charge on any atom is 0.254 e. The van der Waals surface area contributed by atoms with E-state index < -0.39 is 0 Å². The zero-order chi connectivity index (χ0) is 20.3. The Morgan fingerprint density at radius 1 is 0.833 bits per heavy atom. The summed E-state index contributed by atoms with van der Waals surface area (Å²) in [5.74, 6) is 1.75. The van der Waals surface area contributed by atoms with Crippen LogP contribution in [0.1, 0.15) is 10.4 Å². The molecule has 0 radical (unpaired) electrons. The highest BCUT2D eigenvalue weighted by atomic mass is 16.2. The molecule has 0 atom stereocenters. The first-order valence-electron chi connectivity index (χ1n) is 9.88. The Hall–Kier alpha value is -3.94. The van der Waals surface area contributed by atoms with Crippen molar-refractivity contribution in [1.29, 1.82) is 0 Å². The van der Waals surface area contributed by atoms with Crippen LogP contribution in [0, 0.1) is 0 Å². The quantitative estimate of drug-likeness (QED) is 0.527. The second kappa shape index (κ2) is 7.82. The van der Waals surface area contributed by atoms with Gasteiger partial charge in [0, 0.05) is 62.6 Å². The number of nitrogens with zero attached hydrogens (tertiary/aromatic N) is 7. The number of hydrogen-bond acceptors (Lipinski definition) is 5. The highest BCUT2D eigenvalue weighted by Gasteiger charge is 2.23. The lowest BCUT2D eigenvalue weighted by atomic mass is 10.1. The molecule has 150 valence electrons. The van der Waals surface area contributed by atoms with E-state index in [9.17, 15) is 4.79 Å². The third kappa shape index (κ3) is 3.55. The van der Waals surface area contributed by atoms with Gasteiger partial charge < -0.3 is 14.4 Å². The van der Waals surface area contributed by atoms with Gasteiger partial charge in [-0.2, -0.15) is 5.10 Å². The number of carbonyl (C=O) groups is 1. The molecule has 1 aliphatic heterocycles. The van der Waals surface area contributed by atoms with Crippen molar-refractivity contribution in [2.75, 3.05) is 31.1 Å². The SMILES string of the molecule is O=C(c1cccc(-n2cccn2)c1)N1CCN(c2cc(-n3cccc3)ncn2)CC1. The number of hydrogen-bond donors (Lipinski definition) is 0. The largest absolute Gasteiger partial charge is 0.353 e. The van der Waals surface area contributed by atoms with Crippen molar-refractivity contribution in [3.05, 3.63) is 85.2 Å². The van der Waals surface area contributed by atoms with E-state index in [1.807, 2.05) is 76.6 Å². The molecule has 1 aliphatic rings. The van der Waals surface area contributed by atoms with E-state index in [4.69, 9.17) is 0 Å². The van der Waals surface area contributed by atoms with Crippen molar-refractivity contribution >= 4 is 11.7 Å². The fraction of sp³-hybridized carbons (Fsp3) is 0.182. The van der Waals surface area contributed by atoms with Crippen LogP contribution < -0.4 is 4.90 Å². The third-order valence-corrected chi connectivity index (χ3v) is 5.26. The van der Waals surface area contributed by atoms with E-state index in [1.54, 1.807) is 17.2 Å². The van der Waals surface area contributed by atoms with Crippen LogP contribution in [0.25, 0.3) is 11.5 Å². The van der Waals surface area contributed by atoms with Gasteiger partial charge in [-0.1, -0.05) is 6.07 Å². The fourth-order valence-corrected chi connectivity index (χ4v) is 3.66. The van der Waals surface area contributed by atoms with Crippen molar-refractivity contribution in [3.8, 4) is 11.5 Å². The first-order chi connectivity index (χ1) is 14.8. The maximum atomic E-state index is 13.0. The molecule has 0 unspecified atom stereocenters. The van der Waals surface area contributed by atoms with Gasteiger partial charge in [0.05, 0.1) is 5.69 Å². The highest BCUT2D eigenvalue weighted by molar-refractivity contribution is 5.95. The number of carbonyl (C=O) groups excluding carboxylic acids is 1. The first kappa shape index (κ1) is 18.1. The number of benzene rings is 1. The van der Waals surface area contributed by atoms with Crippen LogP contribution in [-0.2, 0) is 0 Å². The molecule has 30 heavy (non-hydrogen) atoms. The minimum absolute atomic E-state index is 0.0411. The molecule has 1 saturated heterocycles. The van der Waals surface area contributed by atoms with Gasteiger partial charge in [-0.05, 0) is 36.4 Å². The summed E-state index contributed by atoms with van der Waals surface area (Å²) >= 11 is 0. The number of piperazine rings is 1. The maximum absolute atomic E-state index is 13.0. The number of rotatable bonds is 4. The predicted octanol–water partition coefficient (Wildman–Crippen LogP) is 2.42. The second-order valence-corrected chi connectivity index (χ2v) is 7.10. The molecule has 1 fully saturated rings. The van der Waals surface area contributed by atoms with Crippen LogP contribution in [0.3, 0.4) is 0 Å². The molecule has 8 nitrogen and oxygen atoms in total. The van der Waals surface area contributed by atoms with Crippen LogP contribution in [0.5, 0.6) is 0 Å². The molecule has 0 spiro atoms. The molecule has 0 aliphatic carbocycles. The van der Waals surface area contributed by atoms with Gasteiger partial charge in [-0.3, -0.25) is 4.79 Å². The van der Waals surface area contributed by atoms with Gasteiger partial charge in [0.2, 0.25) is 0 Å². The Morgan fingerprint density at radius 2 is 1.63 bits per heavy atom. The Kier molecular flexibility index (Phi) is 4.72. The molecule has 1 amide bonds. The van der Waals surface area contributed by atoms with E-state index >= 15 is 0 Å². The summed E-state index contributed by atoms with van der Waals surface area (Å²) in [6, 6.07) is 15.4. The summed E-state index contributed by atoms with van der Waals surface area (Å²) in [6.45, 7) is 2.75. The summed E-state index contributed by atoms with van der Waals surface area (Å²) in [4.78, 5) is 25.9. The summed E-state index contributed by atoms with van der Waals surface area (Å²) in [7, 11) is 0. The van der Waals surface area contributed by atoms with Crippen molar-refractivity contribution in [2.45, 2.75) is 0 Å². The van der Waals surface area contributed by atoms with Gasteiger partial charge in [0.1, 0.15) is 18.0 Å². The van der Waals surface area contributed by atoms with Gasteiger partial charge in [0.15, 0.2) is 0 Å². The number of amides is 1. The van der Waals surface area contributed by atoms with E-state index in [2.05, 4.69) is 20.0 Å². The van der Waals surface area contributed by atoms with E-state index in [-0.39, 0.29) is 5.91 Å². The Morgan fingerprint density at radius 3 is 2.40 bits per heavy atom. The Bertz CT molecular complexity index is 1130. The van der Waals surface area contributed by atoms with Gasteiger partial charge >= 0.3 is 0 Å². The topological polar surface area (TPSA) is 72.1 Å². The molecule has 8 heteroatoms. The zero-order valence-corrected chi connectivity index (χ0v) is 16.4. The average molecular weight is 399 g/mol. The van der Waals surface area contributed by atoms with Crippen molar-refractivity contribution in [3.63, 3.8) is 0 Å². The van der Waals surface area contributed by atoms with E-state index in [0.717, 1.165) is 30.4 Å². The summed E-state index contributed by atoms with van der Waals surface area (Å²) in [5, 5.41) is 4.24. The van der Waals surface area contributed by atoms with Crippen molar-refractivity contribution in [2.24, 2.45) is 0 Å². The second-order valence-electron chi connectivity index (χ2n) is 7.10. The van der Waals surface area contributed by atoms with E-state index in [0.29, 0.717) is 18.7 Å². The van der Waals surface area contributed by atoms with Crippen LogP contribution in [-0.4, -0.2) is 61.3 Å². The molecule has 0 bridgehead atoms. The summed E-state index contributed by atoms with van der Waals surface area (Å²) in [5.41, 5.74) is 1.55. The van der Waals surface area contributed by atoms with Gasteiger partial charge in [-0.25, -0.2) is 14.6 Å². The molecule has 3 aromatic heterocycles. The van der Waals surface area contributed by atoms with E-state index in [1.165, 1.54) is 0 Å². The lowest BCUT2D eigenvalue weighted by Gasteiger charge is -2.35. The van der Waals surface area contributed by atoms with Crippen LogP contribution in [0.2, 0.25) is 0 Å². The molecule has 5 rings (SSSR count). The molecular formula is C22H21N7O. The highest BCUT2D eigenvalue weighted by Crippen LogP contribution is 2.18. The molecule has 4 aromatic rings. The standard InChI is InChI=1S/C22H21N7O/c30-22(18-5-3-6-19(15-18)29-10-4-7-25-29)28-13-11-27(12-14-28)21-16-20(23-17-24-21)26-8-1-2-9-26/h1-10,15-17H,11-14H2. The smallest absolute Gasteiger partial charge is 0.254 e. The van der Waals surface area contributed by atoms with Gasteiger partial charge in [0.25, 0.3) is 5.91 Å². The minimum atomic E-state index is 0.0411. The van der Waals surface area contributed by atoms with Gasteiger partial charge in [-0.15, -0.1) is 0 Å². The molecule has 0 N–H and O–H groups in total. The Balaban J connectivity index is 1.27. The number of anilines is 1. The number of aromatic nitrogens is 5. The fourth-order valence-electron chi connectivity index (χ4n) is 3.66. The van der Waals surface area contributed by atoms with Crippen LogP contribution in [0.4, 0.5) is 5.82 Å². The minimum Gasteiger partial charge on any atom is -0.353 e. The average Bonchev–Trinajstić information content (AvgIpc) is 3.54. The Labute approximate surface area is 174 Å². The van der Waals surface area contributed by atoms with Crippen molar-refractivity contribution in [1.82, 2.24) is 29.2 Å². The van der Waals surface area contributed by atoms with Crippen LogP contribution >= 0.6 is 0 Å². The molecule has 0 saturated carbocycles. The predicted molar refractivity (Wildman–Crippen MR) is 113 cm³/mol. The normalized spacial score (nSPS) is 14.1. The monoisotopic (exact) mass is 399 g/mol. The first-order valence-corrected chi connectivity index (χ1v) is 9.88. The molecule has 4 heterocycles. The summed E-state index contributed by atoms with van der Waals surface area (Å²) < 4.78 is 3.71. The molecular weight excluding hydrogens is 378 g/mol. The lowest BCUT2D eigenvalue weighted by Crippen LogP contribution is -2.49. The zero-order valence-electron chi connectivity index (χ0n) is 16.4. The molecule has 1 aromatic carbocycles. The lowest BCUT2D eigenvalue weighted by molar-refractivity contribution is 0.0746. The summed E-state index contributed by atoms with van der Waals surface area (Å²) in [6.07, 6.45) is 9.10. The third-order valence-electron chi connectivity index (χ3n) is 5.26.